The fourth-order valence-electron chi connectivity index (χ4n) is 2.24. The molecule has 0 aliphatic heterocycles. The molecule has 0 bridgehead atoms. The number of nitrogens with zero attached hydrogens (tertiary/aromatic N) is 2. The van der Waals surface area contributed by atoms with Gasteiger partial charge in [-0.3, -0.25) is 9.59 Å². The smallest absolute Gasteiger partial charge is 0.254 e. The van der Waals surface area contributed by atoms with Crippen molar-refractivity contribution >= 4 is 5.91 Å². The third-order valence-electron chi connectivity index (χ3n) is 3.55. The van der Waals surface area contributed by atoms with E-state index in [4.69, 9.17) is 5.73 Å². The van der Waals surface area contributed by atoms with Crippen molar-refractivity contribution in [2.75, 3.05) is 19.6 Å². The van der Waals surface area contributed by atoms with Crippen LogP contribution in [-0.4, -0.2) is 35.0 Å². The van der Waals surface area contributed by atoms with Gasteiger partial charge in [0.05, 0.1) is 0 Å². The quantitative estimate of drug-likeness (QED) is 0.866. The molecule has 0 unspecified atom stereocenters. The van der Waals surface area contributed by atoms with Crippen LogP contribution in [0, 0.1) is 0 Å². The van der Waals surface area contributed by atoms with Gasteiger partial charge in [-0.05, 0) is 18.1 Å². The number of aryl methyl sites for hydroxylation is 1. The summed E-state index contributed by atoms with van der Waals surface area (Å²) in [6.45, 7) is 1.45. The molecule has 1 amide bonds. The van der Waals surface area contributed by atoms with Gasteiger partial charge < -0.3 is 15.2 Å². The van der Waals surface area contributed by atoms with Crippen molar-refractivity contribution in [3.05, 3.63) is 70.1 Å². The van der Waals surface area contributed by atoms with Gasteiger partial charge in [0.25, 0.3) is 11.5 Å². The van der Waals surface area contributed by atoms with E-state index in [0.29, 0.717) is 25.2 Å². The van der Waals surface area contributed by atoms with E-state index in [1.165, 1.54) is 16.2 Å². The lowest BCUT2D eigenvalue weighted by atomic mass is 10.1. The number of benzene rings is 1. The first-order chi connectivity index (χ1) is 10.6. The third-order valence-corrected chi connectivity index (χ3v) is 3.55. The second-order valence-electron chi connectivity index (χ2n) is 5.18. The lowest BCUT2D eigenvalue weighted by Crippen LogP contribution is -2.37. The van der Waals surface area contributed by atoms with Gasteiger partial charge >= 0.3 is 0 Å². The number of nitrogens with two attached hydrogens (primary N) is 1. The van der Waals surface area contributed by atoms with E-state index in [9.17, 15) is 9.59 Å². The number of carbonyl (C=O) groups is 1. The number of pyridine rings is 1. The van der Waals surface area contributed by atoms with Gasteiger partial charge in [-0.1, -0.05) is 30.3 Å². The Morgan fingerprint density at radius 3 is 2.55 bits per heavy atom. The Kier molecular flexibility index (Phi) is 5.49. The van der Waals surface area contributed by atoms with Crippen molar-refractivity contribution < 1.29 is 4.79 Å². The minimum Gasteiger partial charge on any atom is -0.337 e. The van der Waals surface area contributed by atoms with Crippen LogP contribution in [-0.2, 0) is 13.5 Å². The van der Waals surface area contributed by atoms with Crippen molar-refractivity contribution in [3.63, 3.8) is 0 Å². The largest absolute Gasteiger partial charge is 0.337 e. The average molecular weight is 299 g/mol. The number of hydrogen-bond donors (Lipinski definition) is 1. The second-order valence-corrected chi connectivity index (χ2v) is 5.18. The van der Waals surface area contributed by atoms with E-state index in [2.05, 4.69) is 0 Å². The predicted octanol–water partition coefficient (Wildman–Crippen LogP) is 1.03. The number of rotatable bonds is 6. The minimum atomic E-state index is -0.193. The van der Waals surface area contributed by atoms with E-state index >= 15 is 0 Å². The molecule has 1 aromatic heterocycles. The number of amides is 1. The fraction of sp³-hybridized carbons (Fsp3) is 0.294. The highest BCUT2D eigenvalue weighted by molar-refractivity contribution is 5.94. The molecule has 2 aromatic rings. The molecular formula is C17H21N3O2. The van der Waals surface area contributed by atoms with E-state index in [1.54, 1.807) is 24.2 Å². The molecule has 116 valence electrons. The SMILES string of the molecule is Cn1ccc(C(=O)N(CCN)CCc2ccccc2)cc1=O. The highest BCUT2D eigenvalue weighted by Crippen LogP contribution is 2.06. The average Bonchev–Trinajstić information content (AvgIpc) is 2.54. The predicted molar refractivity (Wildman–Crippen MR) is 86.8 cm³/mol. The zero-order chi connectivity index (χ0) is 15.9. The summed E-state index contributed by atoms with van der Waals surface area (Å²) >= 11 is 0. The van der Waals surface area contributed by atoms with Gasteiger partial charge in [0.2, 0.25) is 0 Å². The normalized spacial score (nSPS) is 10.5. The lowest BCUT2D eigenvalue weighted by Gasteiger charge is -2.22. The molecular weight excluding hydrogens is 278 g/mol. The van der Waals surface area contributed by atoms with Gasteiger partial charge in [0.15, 0.2) is 0 Å². The van der Waals surface area contributed by atoms with Gasteiger partial charge in [-0.25, -0.2) is 0 Å². The molecule has 0 fully saturated rings. The van der Waals surface area contributed by atoms with E-state index < -0.39 is 0 Å². The molecule has 0 aliphatic rings. The van der Waals surface area contributed by atoms with Crippen LogP contribution in [0.5, 0.6) is 0 Å². The number of aromatic nitrogens is 1. The zero-order valence-corrected chi connectivity index (χ0v) is 12.7. The highest BCUT2D eigenvalue weighted by Gasteiger charge is 2.15. The van der Waals surface area contributed by atoms with Crippen LogP contribution in [0.3, 0.4) is 0 Å². The van der Waals surface area contributed by atoms with Crippen molar-refractivity contribution in [2.24, 2.45) is 12.8 Å². The maximum absolute atomic E-state index is 12.5. The molecule has 1 heterocycles. The monoisotopic (exact) mass is 299 g/mol. The molecule has 1 aromatic carbocycles. The Balaban J connectivity index is 2.10. The molecule has 5 nitrogen and oxygen atoms in total. The summed E-state index contributed by atoms with van der Waals surface area (Å²) in [6, 6.07) is 13.0. The van der Waals surface area contributed by atoms with Crippen LogP contribution in [0.1, 0.15) is 15.9 Å². The van der Waals surface area contributed by atoms with Crippen molar-refractivity contribution in [3.8, 4) is 0 Å². The Labute approximate surface area is 130 Å². The van der Waals surface area contributed by atoms with Gasteiger partial charge in [0.1, 0.15) is 0 Å². The van der Waals surface area contributed by atoms with Crippen LogP contribution < -0.4 is 11.3 Å². The standard InChI is InChI=1S/C17H21N3O2/c1-19-10-8-15(13-16(19)21)17(22)20(12-9-18)11-7-14-5-3-2-4-6-14/h2-6,8,10,13H,7,9,11-12,18H2,1H3. The number of hydrogen-bond acceptors (Lipinski definition) is 3. The Hall–Kier alpha value is -2.40. The van der Waals surface area contributed by atoms with Crippen LogP contribution in [0.4, 0.5) is 0 Å². The van der Waals surface area contributed by atoms with Crippen molar-refractivity contribution in [1.29, 1.82) is 0 Å². The van der Waals surface area contributed by atoms with Gasteiger partial charge in [-0.2, -0.15) is 0 Å². The summed E-state index contributed by atoms with van der Waals surface area (Å²) in [7, 11) is 1.66. The van der Waals surface area contributed by atoms with Crippen molar-refractivity contribution in [1.82, 2.24) is 9.47 Å². The molecule has 2 rings (SSSR count). The molecule has 0 atom stereocenters. The number of carbonyl (C=O) groups excluding carboxylic acids is 1. The summed E-state index contributed by atoms with van der Waals surface area (Å²) in [6.07, 6.45) is 2.37. The molecule has 0 spiro atoms. The van der Waals surface area contributed by atoms with E-state index in [-0.39, 0.29) is 11.5 Å². The maximum Gasteiger partial charge on any atom is 0.254 e. The minimum absolute atomic E-state index is 0.154. The van der Waals surface area contributed by atoms with Gasteiger partial charge in [-0.15, -0.1) is 0 Å². The topological polar surface area (TPSA) is 68.3 Å². The summed E-state index contributed by atoms with van der Waals surface area (Å²) < 4.78 is 1.44. The highest BCUT2D eigenvalue weighted by atomic mass is 16.2. The van der Waals surface area contributed by atoms with E-state index in [0.717, 1.165) is 6.42 Å². The third kappa shape index (κ3) is 4.05. The molecule has 0 saturated carbocycles. The van der Waals surface area contributed by atoms with E-state index in [1.807, 2.05) is 30.3 Å². The second kappa shape index (κ2) is 7.56. The summed E-state index contributed by atoms with van der Waals surface area (Å²) in [4.78, 5) is 25.9. The summed E-state index contributed by atoms with van der Waals surface area (Å²) in [5.41, 5.74) is 6.99. The van der Waals surface area contributed by atoms with Crippen LogP contribution in [0.2, 0.25) is 0 Å². The maximum atomic E-state index is 12.5. The van der Waals surface area contributed by atoms with Gasteiger partial charge in [0, 0.05) is 44.5 Å². The first-order valence-electron chi connectivity index (χ1n) is 7.32. The molecule has 0 aliphatic carbocycles. The molecule has 0 radical (unpaired) electrons. The first kappa shape index (κ1) is 16.0. The van der Waals surface area contributed by atoms with Crippen molar-refractivity contribution in [2.45, 2.75) is 6.42 Å². The summed E-state index contributed by atoms with van der Waals surface area (Å²) in [5.74, 6) is -0.154. The zero-order valence-electron chi connectivity index (χ0n) is 12.7. The first-order valence-corrected chi connectivity index (χ1v) is 7.32. The van der Waals surface area contributed by atoms with Crippen LogP contribution in [0.25, 0.3) is 0 Å². The molecule has 22 heavy (non-hydrogen) atoms. The summed E-state index contributed by atoms with van der Waals surface area (Å²) in [5, 5.41) is 0. The molecule has 5 heteroatoms. The van der Waals surface area contributed by atoms with Crippen LogP contribution >= 0.6 is 0 Å². The fourth-order valence-corrected chi connectivity index (χ4v) is 2.24. The Morgan fingerprint density at radius 1 is 1.18 bits per heavy atom. The molecule has 2 N–H and O–H groups in total. The Morgan fingerprint density at radius 2 is 1.91 bits per heavy atom. The Bertz CT molecular complexity index is 680. The molecule has 0 saturated heterocycles. The van der Waals surface area contributed by atoms with Crippen LogP contribution in [0.15, 0.2) is 53.5 Å². The lowest BCUT2D eigenvalue weighted by molar-refractivity contribution is 0.0761.